The van der Waals surface area contributed by atoms with Crippen LogP contribution in [-0.2, 0) is 12.8 Å². The molecule has 0 aliphatic heterocycles. The molecule has 0 aliphatic carbocycles. The van der Waals surface area contributed by atoms with Crippen LogP contribution < -0.4 is 5.32 Å². The van der Waals surface area contributed by atoms with Crippen molar-refractivity contribution < 1.29 is 4.39 Å². The maximum absolute atomic E-state index is 14.3. The van der Waals surface area contributed by atoms with Crippen LogP contribution in [0, 0.1) is 5.82 Å². The Balaban J connectivity index is 2.23. The highest BCUT2D eigenvalue weighted by Gasteiger charge is 2.18. The molecule has 1 atom stereocenters. The van der Waals surface area contributed by atoms with E-state index in [1.165, 1.54) is 9.75 Å². The summed E-state index contributed by atoms with van der Waals surface area (Å²) >= 11 is 7.73. The summed E-state index contributed by atoms with van der Waals surface area (Å²) in [4.78, 5) is 2.64. The van der Waals surface area contributed by atoms with Gasteiger partial charge in [-0.2, -0.15) is 0 Å². The van der Waals surface area contributed by atoms with Gasteiger partial charge < -0.3 is 5.32 Å². The highest BCUT2D eigenvalue weighted by Crippen LogP contribution is 2.28. The molecule has 1 unspecified atom stereocenters. The summed E-state index contributed by atoms with van der Waals surface area (Å²) in [5, 5.41) is 3.63. The van der Waals surface area contributed by atoms with E-state index in [2.05, 4.69) is 31.3 Å². The van der Waals surface area contributed by atoms with E-state index in [4.69, 9.17) is 11.6 Å². The molecule has 0 bridgehead atoms. The average Bonchev–Trinajstić information content (AvgIpc) is 2.94. The van der Waals surface area contributed by atoms with Crippen molar-refractivity contribution in [1.82, 2.24) is 5.32 Å². The third-order valence-corrected chi connectivity index (χ3v) is 5.01. The lowest BCUT2D eigenvalue weighted by molar-refractivity contribution is 0.499. The maximum atomic E-state index is 14.3. The summed E-state index contributed by atoms with van der Waals surface area (Å²) in [6, 6.07) is 9.50. The molecule has 0 amide bonds. The van der Waals surface area contributed by atoms with Gasteiger partial charge in [0.25, 0.3) is 0 Å². The predicted octanol–water partition coefficient (Wildman–Crippen LogP) is 5.39. The predicted molar refractivity (Wildman–Crippen MR) is 89.8 cm³/mol. The quantitative estimate of drug-likeness (QED) is 0.720. The number of hydrogen-bond acceptors (Lipinski definition) is 2. The number of rotatable bonds is 7. The van der Waals surface area contributed by atoms with Gasteiger partial charge in [0.1, 0.15) is 5.82 Å². The lowest BCUT2D eigenvalue weighted by Crippen LogP contribution is -2.24. The van der Waals surface area contributed by atoms with Gasteiger partial charge >= 0.3 is 0 Å². The first kappa shape index (κ1) is 16.5. The van der Waals surface area contributed by atoms with Crippen molar-refractivity contribution in [3.63, 3.8) is 0 Å². The van der Waals surface area contributed by atoms with Gasteiger partial charge in [-0.05, 0) is 37.6 Å². The van der Waals surface area contributed by atoms with Crippen LogP contribution in [-0.4, -0.2) is 6.54 Å². The lowest BCUT2D eigenvalue weighted by Gasteiger charge is -2.19. The monoisotopic (exact) mass is 325 g/mol. The Labute approximate surface area is 135 Å². The molecule has 1 aromatic carbocycles. The van der Waals surface area contributed by atoms with E-state index in [9.17, 15) is 4.39 Å². The number of halogens is 2. The van der Waals surface area contributed by atoms with Gasteiger partial charge in [-0.1, -0.05) is 37.6 Å². The second-order valence-electron chi connectivity index (χ2n) is 5.08. The van der Waals surface area contributed by atoms with E-state index >= 15 is 0 Å². The fourth-order valence-corrected chi connectivity index (χ4v) is 3.51. The van der Waals surface area contributed by atoms with Gasteiger partial charge in [0.15, 0.2) is 0 Å². The van der Waals surface area contributed by atoms with E-state index in [1.807, 2.05) is 12.1 Å². The van der Waals surface area contributed by atoms with Crippen LogP contribution in [0.1, 0.15) is 41.6 Å². The van der Waals surface area contributed by atoms with E-state index in [-0.39, 0.29) is 16.9 Å². The van der Waals surface area contributed by atoms with Crippen LogP contribution in [0.2, 0.25) is 5.02 Å². The number of nitrogens with one attached hydrogen (secondary N) is 1. The Bertz CT molecular complexity index is 582. The molecule has 1 aromatic heterocycles. The van der Waals surface area contributed by atoms with Gasteiger partial charge in [-0.25, -0.2) is 4.39 Å². The zero-order valence-electron chi connectivity index (χ0n) is 12.5. The first-order valence-corrected chi connectivity index (χ1v) is 8.60. The van der Waals surface area contributed by atoms with Crippen molar-refractivity contribution in [1.29, 1.82) is 0 Å². The summed E-state index contributed by atoms with van der Waals surface area (Å²) in [5.74, 6) is -0.306. The molecule has 21 heavy (non-hydrogen) atoms. The molecule has 1 N–H and O–H groups in total. The second-order valence-corrected chi connectivity index (χ2v) is 6.74. The lowest BCUT2D eigenvalue weighted by atomic mass is 10.0. The third kappa shape index (κ3) is 4.29. The van der Waals surface area contributed by atoms with Crippen LogP contribution in [0.3, 0.4) is 0 Å². The summed E-state index contributed by atoms with van der Waals surface area (Å²) in [6.45, 7) is 5.13. The van der Waals surface area contributed by atoms with E-state index in [0.717, 1.165) is 25.8 Å². The van der Waals surface area contributed by atoms with E-state index in [0.29, 0.717) is 5.56 Å². The van der Waals surface area contributed by atoms with Crippen molar-refractivity contribution in [3.05, 3.63) is 56.5 Å². The minimum atomic E-state index is -0.306. The molecule has 114 valence electrons. The van der Waals surface area contributed by atoms with Crippen LogP contribution >= 0.6 is 22.9 Å². The van der Waals surface area contributed by atoms with Gasteiger partial charge in [0.05, 0.1) is 5.02 Å². The highest BCUT2D eigenvalue weighted by atomic mass is 35.5. The van der Waals surface area contributed by atoms with Gasteiger partial charge in [-0.15, -0.1) is 11.3 Å². The highest BCUT2D eigenvalue weighted by molar-refractivity contribution is 7.11. The Kier molecular flexibility index (Phi) is 6.22. The number of thiophene rings is 1. The molecule has 2 rings (SSSR count). The number of aryl methyl sites for hydroxylation is 1. The molecule has 0 saturated heterocycles. The first-order chi connectivity index (χ1) is 10.2. The Morgan fingerprint density at radius 1 is 1.19 bits per heavy atom. The molecule has 0 spiro atoms. The third-order valence-electron chi connectivity index (χ3n) is 3.47. The first-order valence-electron chi connectivity index (χ1n) is 7.40. The average molecular weight is 326 g/mol. The topological polar surface area (TPSA) is 12.0 Å². The smallest absolute Gasteiger partial charge is 0.146 e. The minimum Gasteiger partial charge on any atom is -0.310 e. The summed E-state index contributed by atoms with van der Waals surface area (Å²) < 4.78 is 14.3. The summed E-state index contributed by atoms with van der Waals surface area (Å²) in [6.07, 6.45) is 2.86. The fraction of sp³-hybridized carbons (Fsp3) is 0.412. The number of benzene rings is 1. The van der Waals surface area contributed by atoms with Crippen LogP contribution in [0.4, 0.5) is 4.39 Å². The van der Waals surface area contributed by atoms with Crippen LogP contribution in [0.25, 0.3) is 0 Å². The molecular weight excluding hydrogens is 305 g/mol. The van der Waals surface area contributed by atoms with Crippen molar-refractivity contribution in [2.45, 2.75) is 39.2 Å². The Morgan fingerprint density at radius 2 is 1.95 bits per heavy atom. The summed E-state index contributed by atoms with van der Waals surface area (Å²) in [5.41, 5.74) is 0.655. The van der Waals surface area contributed by atoms with Crippen molar-refractivity contribution in [3.8, 4) is 0 Å². The minimum absolute atomic E-state index is 0.0352. The maximum Gasteiger partial charge on any atom is 0.146 e. The van der Waals surface area contributed by atoms with Crippen molar-refractivity contribution >= 4 is 22.9 Å². The van der Waals surface area contributed by atoms with E-state index in [1.54, 1.807) is 17.4 Å². The van der Waals surface area contributed by atoms with Gasteiger partial charge in [-0.3, -0.25) is 0 Å². The van der Waals surface area contributed by atoms with E-state index < -0.39 is 0 Å². The van der Waals surface area contributed by atoms with Crippen molar-refractivity contribution in [2.24, 2.45) is 0 Å². The van der Waals surface area contributed by atoms with Crippen LogP contribution in [0.15, 0.2) is 30.3 Å². The second kappa shape index (κ2) is 7.92. The molecule has 0 aliphatic rings. The molecule has 2 aromatic rings. The molecule has 4 heteroatoms. The molecule has 0 fully saturated rings. The zero-order valence-corrected chi connectivity index (χ0v) is 14.0. The zero-order chi connectivity index (χ0) is 15.2. The fourth-order valence-electron chi connectivity index (χ4n) is 2.32. The SMILES string of the molecule is CCCNC(Cc1ccc(CC)s1)c1cccc(Cl)c1F. The summed E-state index contributed by atoms with van der Waals surface area (Å²) in [7, 11) is 0. The largest absolute Gasteiger partial charge is 0.310 e. The Morgan fingerprint density at radius 3 is 2.62 bits per heavy atom. The normalized spacial score (nSPS) is 12.6. The standard InChI is InChI=1S/C17H21ClFNS/c1-3-10-20-16(11-13-9-8-12(4-2)21-13)14-6-5-7-15(18)17(14)19/h5-9,16,20H,3-4,10-11H2,1-2H3. The van der Waals surface area contributed by atoms with Gasteiger partial charge in [0.2, 0.25) is 0 Å². The molecule has 0 saturated carbocycles. The van der Waals surface area contributed by atoms with Crippen LogP contribution in [0.5, 0.6) is 0 Å². The molecular formula is C17H21ClFNS. The van der Waals surface area contributed by atoms with Gasteiger partial charge in [0, 0.05) is 27.8 Å². The molecule has 1 nitrogen and oxygen atoms in total. The molecule has 0 radical (unpaired) electrons. The Hall–Kier alpha value is -0.900. The van der Waals surface area contributed by atoms with Crippen molar-refractivity contribution in [2.75, 3.05) is 6.54 Å². The number of hydrogen-bond donors (Lipinski definition) is 1. The molecule has 1 heterocycles.